The summed E-state index contributed by atoms with van der Waals surface area (Å²) in [4.78, 5) is 92.0. The zero-order valence-electron chi connectivity index (χ0n) is 31.8. The molecule has 0 unspecified atom stereocenters. The SMILES string of the molecule is CC(C)(C)OC(=O)N1C[C@H](OS(C)(=O)=O)C[C@H]1C(=O)N1CC[C@H](NC(=O)CN=C(NC(=O)OCc2ccc([N+](=O)[O-])cc2)NC(=O)OCc2ccc([N+](=O)[O-])cc2)C1. The maximum atomic E-state index is 13.6. The van der Waals surface area contributed by atoms with E-state index < -0.39 is 86.4 Å². The van der Waals surface area contributed by atoms with Crippen molar-refractivity contribution in [2.45, 2.75) is 70.6 Å². The molecule has 24 heteroatoms. The second-order valence-electron chi connectivity index (χ2n) is 14.1. The standard InChI is InChI=1S/C34H42N8O15S/c1-34(2,3)56-33(47)40-18-26(57-58(4,52)53)15-27(40)29(44)39-14-13-23(17-39)36-28(43)16-35-30(37-31(45)54-19-21-5-9-24(10-6-21)41(48)49)38-32(46)55-20-22-7-11-25(12-8-22)42(50)51/h5-12,23,26-27H,13-20H2,1-4H3,(H,36,43)(H2,35,37,38,45,46)/t23-,26+,27-/m0/s1. The fourth-order valence-corrected chi connectivity index (χ4v) is 6.32. The van der Waals surface area contributed by atoms with E-state index in [1.54, 1.807) is 20.8 Å². The third kappa shape index (κ3) is 13.9. The average molecular weight is 835 g/mol. The molecule has 2 aliphatic rings. The fraction of sp³-hybridized carbons (Fsp3) is 0.471. The highest BCUT2D eigenvalue weighted by Gasteiger charge is 2.45. The van der Waals surface area contributed by atoms with Crippen molar-refractivity contribution in [1.82, 2.24) is 25.8 Å². The van der Waals surface area contributed by atoms with Gasteiger partial charge >= 0.3 is 18.3 Å². The van der Waals surface area contributed by atoms with Crippen LogP contribution in [0.3, 0.4) is 0 Å². The lowest BCUT2D eigenvalue weighted by atomic mass is 10.1. The monoisotopic (exact) mass is 834 g/mol. The van der Waals surface area contributed by atoms with E-state index in [9.17, 15) is 52.6 Å². The van der Waals surface area contributed by atoms with E-state index in [2.05, 4.69) is 20.9 Å². The fourth-order valence-electron chi connectivity index (χ4n) is 5.69. The summed E-state index contributed by atoms with van der Waals surface area (Å²) in [5.41, 5.74) is -0.468. The topological polar surface area (TPSA) is 298 Å². The molecule has 0 saturated carbocycles. The minimum Gasteiger partial charge on any atom is -0.444 e. The third-order valence-corrected chi connectivity index (χ3v) is 8.83. The molecule has 0 radical (unpaired) electrons. The summed E-state index contributed by atoms with van der Waals surface area (Å²) in [6.07, 6.45) is -3.01. The number of hydrogen-bond donors (Lipinski definition) is 3. The second kappa shape index (κ2) is 19.1. The number of non-ortho nitro benzene ring substituents is 2. The van der Waals surface area contributed by atoms with E-state index in [0.29, 0.717) is 17.5 Å². The van der Waals surface area contributed by atoms with Gasteiger partial charge in [-0.2, -0.15) is 8.42 Å². The third-order valence-electron chi connectivity index (χ3n) is 8.21. The number of carbonyl (C=O) groups is 5. The van der Waals surface area contributed by atoms with Gasteiger partial charge in [0.05, 0.1) is 28.8 Å². The molecule has 2 aromatic rings. The Morgan fingerprint density at radius 3 is 1.84 bits per heavy atom. The number of likely N-dealkylation sites (tertiary alicyclic amines) is 2. The first-order valence-corrected chi connectivity index (χ1v) is 19.3. The quantitative estimate of drug-likeness (QED) is 0.0689. The number of hydrogen-bond acceptors (Lipinski definition) is 16. The summed E-state index contributed by atoms with van der Waals surface area (Å²) in [7, 11) is -3.90. The predicted octanol–water partition coefficient (Wildman–Crippen LogP) is 2.08. The lowest BCUT2D eigenvalue weighted by Gasteiger charge is -2.30. The molecule has 0 aliphatic carbocycles. The number of nitro groups is 2. The molecule has 0 bridgehead atoms. The van der Waals surface area contributed by atoms with Crippen LogP contribution in [-0.4, -0.2) is 120 Å². The van der Waals surface area contributed by atoms with Crippen molar-refractivity contribution < 1.29 is 60.6 Å². The maximum Gasteiger partial charge on any atom is 0.414 e. The first-order chi connectivity index (χ1) is 27.2. The summed E-state index contributed by atoms with van der Waals surface area (Å²) in [6.45, 7) is 3.61. The molecule has 0 spiro atoms. The van der Waals surface area contributed by atoms with Crippen molar-refractivity contribution in [1.29, 1.82) is 0 Å². The van der Waals surface area contributed by atoms with Crippen LogP contribution in [0.25, 0.3) is 0 Å². The van der Waals surface area contributed by atoms with E-state index >= 15 is 0 Å². The van der Waals surface area contributed by atoms with Gasteiger partial charge in [0.1, 0.15) is 31.4 Å². The van der Waals surface area contributed by atoms with Crippen LogP contribution >= 0.6 is 0 Å². The van der Waals surface area contributed by atoms with Gasteiger partial charge in [-0.1, -0.05) is 0 Å². The molecule has 58 heavy (non-hydrogen) atoms. The molecule has 3 N–H and O–H groups in total. The van der Waals surface area contributed by atoms with Crippen molar-refractivity contribution in [2.24, 2.45) is 4.99 Å². The Morgan fingerprint density at radius 2 is 1.38 bits per heavy atom. The van der Waals surface area contributed by atoms with Crippen LogP contribution in [0.4, 0.5) is 25.8 Å². The summed E-state index contributed by atoms with van der Waals surface area (Å²) in [5, 5.41) is 28.9. The van der Waals surface area contributed by atoms with Gasteiger partial charge in [-0.3, -0.25) is 49.5 Å². The Morgan fingerprint density at radius 1 is 0.862 bits per heavy atom. The molecule has 4 rings (SSSR count). The van der Waals surface area contributed by atoms with Gasteiger partial charge in [0.2, 0.25) is 17.8 Å². The highest BCUT2D eigenvalue weighted by Crippen LogP contribution is 2.27. The average Bonchev–Trinajstić information content (AvgIpc) is 3.78. The van der Waals surface area contributed by atoms with Crippen LogP contribution in [0.1, 0.15) is 44.7 Å². The molecule has 23 nitrogen and oxygen atoms in total. The number of alkyl carbamates (subject to hydrolysis) is 2. The number of amides is 5. The molecule has 3 atom stereocenters. The van der Waals surface area contributed by atoms with Crippen molar-refractivity contribution >= 4 is 57.5 Å². The molecule has 2 aromatic carbocycles. The van der Waals surface area contributed by atoms with Crippen LogP contribution in [0.5, 0.6) is 0 Å². The highest BCUT2D eigenvalue weighted by molar-refractivity contribution is 7.86. The lowest BCUT2D eigenvalue weighted by molar-refractivity contribution is -0.385. The summed E-state index contributed by atoms with van der Waals surface area (Å²) < 4.78 is 44.3. The number of nitrogens with one attached hydrogen (secondary N) is 3. The van der Waals surface area contributed by atoms with Gasteiger partial charge < -0.3 is 24.4 Å². The molecule has 2 aliphatic heterocycles. The maximum absolute atomic E-state index is 13.6. The molecular weight excluding hydrogens is 792 g/mol. The lowest BCUT2D eigenvalue weighted by Crippen LogP contribution is -2.49. The van der Waals surface area contributed by atoms with E-state index in [0.717, 1.165) is 11.2 Å². The predicted molar refractivity (Wildman–Crippen MR) is 199 cm³/mol. The van der Waals surface area contributed by atoms with Crippen molar-refractivity contribution in [3.63, 3.8) is 0 Å². The first kappa shape index (κ1) is 44.3. The normalized spacial score (nSPS) is 17.8. The largest absolute Gasteiger partial charge is 0.444 e. The zero-order valence-corrected chi connectivity index (χ0v) is 32.6. The van der Waals surface area contributed by atoms with Crippen LogP contribution in [-0.2, 0) is 51.3 Å². The van der Waals surface area contributed by atoms with E-state index in [1.165, 1.54) is 53.4 Å². The van der Waals surface area contributed by atoms with Gasteiger partial charge in [0.15, 0.2) is 0 Å². The first-order valence-electron chi connectivity index (χ1n) is 17.5. The summed E-state index contributed by atoms with van der Waals surface area (Å²) in [6, 6.07) is 8.64. The number of carbonyl (C=O) groups excluding carboxylic acids is 5. The minimum absolute atomic E-state index is 0.0256. The molecule has 5 amide bonds. The Bertz CT molecular complexity index is 1940. The number of aliphatic imine (C=N–C) groups is 1. The van der Waals surface area contributed by atoms with Crippen molar-refractivity contribution in [3.8, 4) is 0 Å². The number of ether oxygens (including phenoxy) is 3. The molecule has 2 saturated heterocycles. The van der Waals surface area contributed by atoms with Gasteiger partial charge in [0, 0.05) is 49.8 Å². The van der Waals surface area contributed by atoms with Crippen LogP contribution < -0.4 is 16.0 Å². The molecule has 0 aromatic heterocycles. The van der Waals surface area contributed by atoms with Crippen molar-refractivity contribution in [3.05, 3.63) is 79.9 Å². The zero-order chi connectivity index (χ0) is 42.8. The number of benzene rings is 2. The summed E-state index contributed by atoms with van der Waals surface area (Å²) in [5.74, 6) is -1.75. The van der Waals surface area contributed by atoms with E-state index in [-0.39, 0.29) is 50.6 Å². The van der Waals surface area contributed by atoms with Crippen LogP contribution in [0.15, 0.2) is 53.5 Å². The van der Waals surface area contributed by atoms with Gasteiger partial charge in [-0.25, -0.2) is 19.4 Å². The van der Waals surface area contributed by atoms with Gasteiger partial charge in [0.25, 0.3) is 21.5 Å². The molecule has 2 heterocycles. The Labute approximate surface area is 331 Å². The highest BCUT2D eigenvalue weighted by atomic mass is 32.2. The molecular formula is C34H42N8O15S. The number of nitrogens with zero attached hydrogens (tertiary/aromatic N) is 5. The number of rotatable bonds is 12. The smallest absolute Gasteiger partial charge is 0.414 e. The molecule has 314 valence electrons. The van der Waals surface area contributed by atoms with Crippen LogP contribution in [0.2, 0.25) is 0 Å². The van der Waals surface area contributed by atoms with Crippen molar-refractivity contribution in [2.75, 3.05) is 32.4 Å². The second-order valence-corrected chi connectivity index (χ2v) is 15.7. The summed E-state index contributed by atoms with van der Waals surface area (Å²) >= 11 is 0. The number of nitro benzene ring substituents is 2. The van der Waals surface area contributed by atoms with E-state index in [4.69, 9.17) is 18.4 Å². The Balaban J connectivity index is 1.37. The van der Waals surface area contributed by atoms with E-state index in [1.807, 2.05) is 0 Å². The van der Waals surface area contributed by atoms with Gasteiger partial charge in [-0.05, 0) is 62.6 Å². The Hall–Kier alpha value is -6.43. The van der Waals surface area contributed by atoms with Crippen LogP contribution in [0, 0.1) is 20.2 Å². The number of guanidine groups is 1. The molecule has 2 fully saturated rings. The van der Waals surface area contributed by atoms with Gasteiger partial charge in [-0.15, -0.1) is 0 Å². The minimum atomic E-state index is -3.90. The Kier molecular flexibility index (Phi) is 14.6.